The highest BCUT2D eigenvalue weighted by atomic mass is 16.5. The van der Waals surface area contributed by atoms with Crippen molar-refractivity contribution in [1.82, 2.24) is 9.97 Å². The van der Waals surface area contributed by atoms with Gasteiger partial charge in [-0.05, 0) is 0 Å². The summed E-state index contributed by atoms with van der Waals surface area (Å²) >= 11 is 0. The summed E-state index contributed by atoms with van der Waals surface area (Å²) < 4.78 is 4.99. The molecule has 1 aromatic heterocycles. The van der Waals surface area contributed by atoms with Crippen LogP contribution in [0.1, 0.15) is 5.56 Å². The van der Waals surface area contributed by atoms with Gasteiger partial charge in [-0.25, -0.2) is 9.97 Å². The maximum Gasteiger partial charge on any atom is 0.161 e. The second-order valence-electron chi connectivity index (χ2n) is 3.40. The molecule has 0 spiro atoms. The topological polar surface area (TPSA) is 61.0 Å². The molecule has 1 aromatic carbocycles. The molecule has 0 bridgehead atoms. The molecule has 2 N–H and O–H groups in total. The third-order valence-electron chi connectivity index (χ3n) is 2.23. The first-order chi connectivity index (χ1) is 7.81. The Kier molecular flexibility index (Phi) is 3.12. The summed E-state index contributed by atoms with van der Waals surface area (Å²) in [5.74, 6) is 1.11. The zero-order valence-electron chi connectivity index (χ0n) is 9.05. The van der Waals surface area contributed by atoms with Gasteiger partial charge in [0.05, 0.1) is 6.61 Å². The maximum atomic E-state index is 5.81. The fraction of sp³-hybridized carbons (Fsp3) is 0.167. The Morgan fingerprint density at radius 2 is 2.00 bits per heavy atom. The Morgan fingerprint density at radius 1 is 1.25 bits per heavy atom. The molecular formula is C12H13N3O. The summed E-state index contributed by atoms with van der Waals surface area (Å²) in [5.41, 5.74) is 7.58. The normalized spacial score (nSPS) is 10.3. The zero-order valence-corrected chi connectivity index (χ0v) is 9.05. The number of hydrogen-bond acceptors (Lipinski definition) is 4. The van der Waals surface area contributed by atoms with Crippen molar-refractivity contribution in [3.63, 3.8) is 0 Å². The number of hydrogen-bond donors (Lipinski definition) is 1. The first-order valence-electron chi connectivity index (χ1n) is 4.97. The number of anilines is 1. The van der Waals surface area contributed by atoms with Gasteiger partial charge in [0.25, 0.3) is 0 Å². The highest BCUT2D eigenvalue weighted by molar-refractivity contribution is 5.57. The van der Waals surface area contributed by atoms with E-state index in [1.54, 1.807) is 13.3 Å². The van der Waals surface area contributed by atoms with E-state index in [-0.39, 0.29) is 0 Å². The second kappa shape index (κ2) is 4.72. The van der Waals surface area contributed by atoms with E-state index in [0.717, 1.165) is 11.1 Å². The number of benzene rings is 1. The molecular weight excluding hydrogens is 202 g/mol. The Labute approximate surface area is 94.1 Å². The van der Waals surface area contributed by atoms with Gasteiger partial charge in [0.1, 0.15) is 5.82 Å². The molecule has 0 saturated carbocycles. The van der Waals surface area contributed by atoms with Crippen molar-refractivity contribution in [3.05, 3.63) is 42.1 Å². The Balaban J connectivity index is 2.35. The SMILES string of the molecule is COCc1cnc(-c2ccccc2)nc1N. The lowest BCUT2D eigenvalue weighted by atomic mass is 10.2. The molecule has 82 valence electrons. The van der Waals surface area contributed by atoms with Crippen molar-refractivity contribution in [2.45, 2.75) is 6.61 Å². The van der Waals surface area contributed by atoms with Gasteiger partial charge in [-0.15, -0.1) is 0 Å². The van der Waals surface area contributed by atoms with E-state index < -0.39 is 0 Å². The molecule has 0 fully saturated rings. The zero-order chi connectivity index (χ0) is 11.4. The van der Waals surface area contributed by atoms with Crippen molar-refractivity contribution >= 4 is 5.82 Å². The van der Waals surface area contributed by atoms with Crippen LogP contribution in [0, 0.1) is 0 Å². The van der Waals surface area contributed by atoms with Crippen LogP contribution in [-0.4, -0.2) is 17.1 Å². The third kappa shape index (κ3) is 2.17. The van der Waals surface area contributed by atoms with Crippen molar-refractivity contribution in [2.75, 3.05) is 12.8 Å². The van der Waals surface area contributed by atoms with Crippen LogP contribution >= 0.6 is 0 Å². The second-order valence-corrected chi connectivity index (χ2v) is 3.40. The van der Waals surface area contributed by atoms with Crippen molar-refractivity contribution in [1.29, 1.82) is 0 Å². The molecule has 4 nitrogen and oxygen atoms in total. The third-order valence-corrected chi connectivity index (χ3v) is 2.23. The Morgan fingerprint density at radius 3 is 2.62 bits per heavy atom. The average molecular weight is 215 g/mol. The number of rotatable bonds is 3. The average Bonchev–Trinajstić information content (AvgIpc) is 2.33. The minimum atomic E-state index is 0.431. The molecule has 0 aliphatic carbocycles. The number of aromatic nitrogens is 2. The van der Waals surface area contributed by atoms with Crippen LogP contribution in [0.4, 0.5) is 5.82 Å². The molecule has 4 heteroatoms. The monoisotopic (exact) mass is 215 g/mol. The van der Waals surface area contributed by atoms with Crippen LogP contribution in [0.3, 0.4) is 0 Å². The van der Waals surface area contributed by atoms with Crippen molar-refractivity contribution in [3.8, 4) is 11.4 Å². The summed E-state index contributed by atoms with van der Waals surface area (Å²) in [6.45, 7) is 0.431. The van der Waals surface area contributed by atoms with Crippen molar-refractivity contribution in [2.24, 2.45) is 0 Å². The van der Waals surface area contributed by atoms with E-state index in [1.165, 1.54) is 0 Å². The first kappa shape index (κ1) is 10.6. The summed E-state index contributed by atoms with van der Waals surface area (Å²) in [6, 6.07) is 9.73. The molecule has 16 heavy (non-hydrogen) atoms. The molecule has 0 unspecified atom stereocenters. The summed E-state index contributed by atoms with van der Waals surface area (Å²) in [5, 5.41) is 0. The number of nitrogens with two attached hydrogens (primary N) is 1. The standard InChI is InChI=1S/C12H13N3O/c1-16-8-10-7-14-12(15-11(10)13)9-5-3-2-4-6-9/h2-7H,8H2,1H3,(H2,13,14,15). The van der Waals surface area contributed by atoms with Gasteiger partial charge in [0.2, 0.25) is 0 Å². The van der Waals surface area contributed by atoms with E-state index in [0.29, 0.717) is 18.2 Å². The van der Waals surface area contributed by atoms with E-state index in [4.69, 9.17) is 10.5 Å². The molecule has 0 aliphatic heterocycles. The van der Waals surface area contributed by atoms with Crippen LogP contribution < -0.4 is 5.73 Å². The summed E-state index contributed by atoms with van der Waals surface area (Å²) in [7, 11) is 1.62. The van der Waals surface area contributed by atoms with E-state index in [2.05, 4.69) is 9.97 Å². The lowest BCUT2D eigenvalue weighted by molar-refractivity contribution is 0.185. The molecule has 2 aromatic rings. The van der Waals surface area contributed by atoms with Crippen LogP contribution in [0.15, 0.2) is 36.5 Å². The largest absolute Gasteiger partial charge is 0.383 e. The van der Waals surface area contributed by atoms with E-state index in [9.17, 15) is 0 Å². The number of ether oxygens (including phenoxy) is 1. The molecule has 0 atom stereocenters. The highest BCUT2D eigenvalue weighted by Gasteiger charge is 2.05. The van der Waals surface area contributed by atoms with Gasteiger partial charge < -0.3 is 10.5 Å². The van der Waals surface area contributed by atoms with E-state index in [1.807, 2.05) is 30.3 Å². The van der Waals surface area contributed by atoms with Crippen molar-refractivity contribution < 1.29 is 4.74 Å². The lowest BCUT2D eigenvalue weighted by Crippen LogP contribution is -2.02. The molecule has 0 aliphatic rings. The van der Waals surface area contributed by atoms with Crippen LogP contribution in [0.5, 0.6) is 0 Å². The molecule has 0 saturated heterocycles. The quantitative estimate of drug-likeness (QED) is 0.849. The van der Waals surface area contributed by atoms with Gasteiger partial charge in [-0.1, -0.05) is 30.3 Å². The summed E-state index contributed by atoms with van der Waals surface area (Å²) in [4.78, 5) is 8.51. The highest BCUT2D eigenvalue weighted by Crippen LogP contribution is 2.17. The first-order valence-corrected chi connectivity index (χ1v) is 4.97. The van der Waals surface area contributed by atoms with Crippen LogP contribution in [0.25, 0.3) is 11.4 Å². The minimum absolute atomic E-state index is 0.431. The maximum absolute atomic E-state index is 5.81. The predicted octanol–water partition coefficient (Wildman–Crippen LogP) is 1.87. The van der Waals surface area contributed by atoms with Crippen LogP contribution in [0.2, 0.25) is 0 Å². The lowest BCUT2D eigenvalue weighted by Gasteiger charge is -2.05. The number of methoxy groups -OCH3 is 1. The predicted molar refractivity (Wildman–Crippen MR) is 62.6 cm³/mol. The van der Waals surface area contributed by atoms with Gasteiger partial charge in [-0.2, -0.15) is 0 Å². The Hall–Kier alpha value is -1.94. The molecule has 0 radical (unpaired) electrons. The Bertz CT molecular complexity index is 471. The molecule has 0 amide bonds. The van der Waals surface area contributed by atoms with Gasteiger partial charge in [0.15, 0.2) is 5.82 Å². The van der Waals surface area contributed by atoms with Crippen LogP contribution in [-0.2, 0) is 11.3 Å². The van der Waals surface area contributed by atoms with E-state index >= 15 is 0 Å². The van der Waals surface area contributed by atoms with Gasteiger partial charge in [0, 0.05) is 24.4 Å². The van der Waals surface area contributed by atoms with Gasteiger partial charge >= 0.3 is 0 Å². The summed E-state index contributed by atoms with van der Waals surface area (Å²) in [6.07, 6.45) is 1.70. The fourth-order valence-corrected chi connectivity index (χ4v) is 1.41. The minimum Gasteiger partial charge on any atom is -0.383 e. The smallest absolute Gasteiger partial charge is 0.161 e. The number of nitrogen functional groups attached to an aromatic ring is 1. The number of nitrogens with zero attached hydrogens (tertiary/aromatic N) is 2. The molecule has 1 heterocycles. The molecule has 2 rings (SSSR count). The van der Waals surface area contributed by atoms with Gasteiger partial charge in [-0.3, -0.25) is 0 Å². The fourth-order valence-electron chi connectivity index (χ4n) is 1.41.